The number of hydrogen-bond acceptors (Lipinski definition) is 2. The van der Waals surface area contributed by atoms with Crippen LogP contribution < -0.4 is 4.90 Å². The van der Waals surface area contributed by atoms with Gasteiger partial charge in [0.05, 0.1) is 11.1 Å². The van der Waals surface area contributed by atoms with E-state index in [4.69, 9.17) is 4.42 Å². The third-order valence-corrected chi connectivity index (χ3v) is 13.5. The Morgan fingerprint density at radius 2 is 0.857 bits per heavy atom. The van der Waals surface area contributed by atoms with E-state index in [-0.39, 0.29) is 0 Å². The van der Waals surface area contributed by atoms with Crippen molar-refractivity contribution in [1.29, 1.82) is 0 Å². The molecule has 11 aromatic rings. The van der Waals surface area contributed by atoms with Gasteiger partial charge in [-0.25, -0.2) is 0 Å². The van der Waals surface area contributed by atoms with Gasteiger partial charge in [-0.2, -0.15) is 0 Å². The molecule has 1 atom stereocenters. The first-order valence-corrected chi connectivity index (χ1v) is 21.8. The number of benzene rings is 10. The molecule has 0 saturated heterocycles. The van der Waals surface area contributed by atoms with Crippen LogP contribution in [0.5, 0.6) is 0 Å². The van der Waals surface area contributed by atoms with Gasteiger partial charge in [-0.1, -0.05) is 200 Å². The van der Waals surface area contributed by atoms with E-state index in [0.29, 0.717) is 0 Å². The molecule has 1 aromatic heterocycles. The van der Waals surface area contributed by atoms with Crippen molar-refractivity contribution in [2.75, 3.05) is 4.90 Å². The number of rotatable bonds is 5. The van der Waals surface area contributed by atoms with E-state index in [1.807, 2.05) is 0 Å². The minimum atomic E-state index is -0.693. The van der Waals surface area contributed by atoms with Gasteiger partial charge in [-0.15, -0.1) is 0 Å². The van der Waals surface area contributed by atoms with Crippen LogP contribution >= 0.6 is 0 Å². The average molecular weight is 802 g/mol. The molecule has 2 aliphatic carbocycles. The van der Waals surface area contributed by atoms with E-state index in [1.54, 1.807) is 0 Å². The van der Waals surface area contributed by atoms with Gasteiger partial charge < -0.3 is 9.32 Å². The first-order chi connectivity index (χ1) is 31.3. The molecule has 0 saturated carbocycles. The Balaban J connectivity index is 1.14. The van der Waals surface area contributed by atoms with Crippen LogP contribution in [0, 0.1) is 0 Å². The van der Waals surface area contributed by atoms with E-state index in [1.165, 1.54) is 72.3 Å². The second-order valence-corrected chi connectivity index (χ2v) is 16.7. The summed E-state index contributed by atoms with van der Waals surface area (Å²) < 4.78 is 6.92. The maximum Gasteiger partial charge on any atom is 0.143 e. The molecular weight excluding hydrogens is 763 g/mol. The molecule has 0 bridgehead atoms. The van der Waals surface area contributed by atoms with Crippen molar-refractivity contribution in [3.63, 3.8) is 0 Å². The lowest BCUT2D eigenvalue weighted by Gasteiger charge is -2.36. The Morgan fingerprint density at radius 3 is 1.60 bits per heavy atom. The molecule has 1 heterocycles. The molecule has 2 aliphatic rings. The van der Waals surface area contributed by atoms with Crippen LogP contribution in [0.2, 0.25) is 0 Å². The molecule has 0 amide bonds. The number of nitrogens with zero attached hydrogens (tertiary/aromatic N) is 1. The number of hydrogen-bond donors (Lipinski definition) is 0. The molecule has 1 unspecified atom stereocenters. The summed E-state index contributed by atoms with van der Waals surface area (Å²) in [6.07, 6.45) is 0. The summed E-state index contributed by atoms with van der Waals surface area (Å²) in [5.41, 5.74) is 21.4. The van der Waals surface area contributed by atoms with Crippen molar-refractivity contribution in [1.82, 2.24) is 0 Å². The van der Waals surface area contributed by atoms with Gasteiger partial charge in [0.2, 0.25) is 0 Å². The number of para-hydroxylation sites is 2. The van der Waals surface area contributed by atoms with Gasteiger partial charge in [0.15, 0.2) is 0 Å². The van der Waals surface area contributed by atoms with E-state index >= 15 is 0 Å². The van der Waals surface area contributed by atoms with Crippen LogP contribution in [-0.4, -0.2) is 0 Å². The molecule has 1 spiro atoms. The van der Waals surface area contributed by atoms with E-state index in [0.717, 1.165) is 44.6 Å². The van der Waals surface area contributed by atoms with Crippen LogP contribution in [0.25, 0.3) is 77.6 Å². The lowest BCUT2D eigenvalue weighted by molar-refractivity contribution is 0.669. The Morgan fingerprint density at radius 1 is 0.317 bits per heavy atom. The van der Waals surface area contributed by atoms with Crippen LogP contribution in [0.1, 0.15) is 22.3 Å². The highest BCUT2D eigenvalue weighted by Gasteiger charge is 2.51. The smallest absolute Gasteiger partial charge is 0.143 e. The van der Waals surface area contributed by atoms with Crippen molar-refractivity contribution in [2.24, 2.45) is 0 Å². The Bertz CT molecular complexity index is 3570. The SMILES string of the molecule is c1ccc(-c2ccc(N(c3ccc4c(c3)C3(c5ccccc5-c5ccccc5-4)c4ccccc4-c4c3ccc3c4oc4ccccc43)c3ccccc3-c3ccccc3)cc2)cc1. The van der Waals surface area contributed by atoms with Crippen LogP contribution in [-0.2, 0) is 5.41 Å². The predicted octanol–water partition coefficient (Wildman–Crippen LogP) is 16.4. The molecule has 294 valence electrons. The number of fused-ring (bicyclic) bond motifs is 16. The van der Waals surface area contributed by atoms with Crippen molar-refractivity contribution < 1.29 is 4.42 Å². The predicted molar refractivity (Wildman–Crippen MR) is 261 cm³/mol. The van der Waals surface area contributed by atoms with Gasteiger partial charge in [0.1, 0.15) is 11.2 Å². The minimum Gasteiger partial charge on any atom is -0.455 e. The van der Waals surface area contributed by atoms with Crippen molar-refractivity contribution >= 4 is 39.0 Å². The average Bonchev–Trinajstić information content (AvgIpc) is 3.86. The molecular formula is C61H39NO. The molecule has 2 heteroatoms. The Hall–Kier alpha value is -8.20. The van der Waals surface area contributed by atoms with Crippen LogP contribution in [0.3, 0.4) is 0 Å². The summed E-state index contributed by atoms with van der Waals surface area (Å²) in [6, 6.07) is 86.7. The highest BCUT2D eigenvalue weighted by Crippen LogP contribution is 2.63. The monoisotopic (exact) mass is 801 g/mol. The molecule has 13 rings (SSSR count). The first kappa shape index (κ1) is 35.5. The van der Waals surface area contributed by atoms with Gasteiger partial charge in [-0.3, -0.25) is 0 Å². The van der Waals surface area contributed by atoms with Crippen LogP contribution in [0.15, 0.2) is 241 Å². The second-order valence-electron chi connectivity index (χ2n) is 16.7. The quantitative estimate of drug-likeness (QED) is 0.172. The molecule has 63 heavy (non-hydrogen) atoms. The van der Waals surface area contributed by atoms with Gasteiger partial charge >= 0.3 is 0 Å². The highest BCUT2D eigenvalue weighted by molar-refractivity contribution is 6.13. The zero-order valence-corrected chi connectivity index (χ0v) is 34.4. The standard InChI is InChI=1S/C61H39NO/c1-3-17-40(18-4-1)41-31-33-43(34-32-41)62(57-29-15-11-21-45(57)42-19-5-2-6-20-42)44-35-36-49-47-23-8-7-22-46(47)48-24-9-13-27-53(48)61(56(49)39-44)54-28-14-10-26-52(54)59-55(61)38-37-51-50-25-12-16-30-58(50)63-60(51)59/h1-39H. The summed E-state index contributed by atoms with van der Waals surface area (Å²) in [5.74, 6) is 0. The number of furan rings is 1. The molecule has 10 aromatic carbocycles. The maximum atomic E-state index is 6.92. The van der Waals surface area contributed by atoms with Crippen molar-refractivity contribution in [3.8, 4) is 55.6 Å². The lowest BCUT2D eigenvalue weighted by atomic mass is 9.65. The fraction of sp³-hybridized carbons (Fsp3) is 0.0164. The fourth-order valence-corrected chi connectivity index (χ4v) is 10.9. The second kappa shape index (κ2) is 13.9. The van der Waals surface area contributed by atoms with Gasteiger partial charge in [0, 0.05) is 33.3 Å². The Kier molecular flexibility index (Phi) is 7.85. The first-order valence-electron chi connectivity index (χ1n) is 21.8. The van der Waals surface area contributed by atoms with Crippen LogP contribution in [0.4, 0.5) is 17.1 Å². The highest BCUT2D eigenvalue weighted by atomic mass is 16.3. The Labute approximate surface area is 366 Å². The van der Waals surface area contributed by atoms with E-state index in [9.17, 15) is 0 Å². The normalized spacial score (nSPS) is 14.4. The number of anilines is 3. The topological polar surface area (TPSA) is 16.4 Å². The van der Waals surface area contributed by atoms with Gasteiger partial charge in [-0.05, 0) is 103 Å². The third kappa shape index (κ3) is 5.19. The molecule has 0 N–H and O–H groups in total. The molecule has 0 aliphatic heterocycles. The van der Waals surface area contributed by atoms with Crippen molar-refractivity contribution in [3.05, 3.63) is 259 Å². The lowest BCUT2D eigenvalue weighted by Crippen LogP contribution is -2.29. The minimum absolute atomic E-state index is 0.693. The van der Waals surface area contributed by atoms with Gasteiger partial charge in [0.25, 0.3) is 0 Å². The largest absolute Gasteiger partial charge is 0.455 e. The summed E-state index contributed by atoms with van der Waals surface area (Å²) in [7, 11) is 0. The zero-order valence-electron chi connectivity index (χ0n) is 34.4. The van der Waals surface area contributed by atoms with Crippen molar-refractivity contribution in [2.45, 2.75) is 5.41 Å². The summed E-state index contributed by atoms with van der Waals surface area (Å²) in [6.45, 7) is 0. The molecule has 2 nitrogen and oxygen atoms in total. The summed E-state index contributed by atoms with van der Waals surface area (Å²) in [5, 5.41) is 2.27. The summed E-state index contributed by atoms with van der Waals surface area (Å²) in [4.78, 5) is 2.46. The van der Waals surface area contributed by atoms with E-state index in [2.05, 4.69) is 241 Å². The molecule has 0 fully saturated rings. The maximum absolute atomic E-state index is 6.92. The van der Waals surface area contributed by atoms with E-state index < -0.39 is 5.41 Å². The fourth-order valence-electron chi connectivity index (χ4n) is 10.9. The zero-order chi connectivity index (χ0) is 41.5. The third-order valence-electron chi connectivity index (χ3n) is 13.5. The molecule has 0 radical (unpaired) electrons. The summed E-state index contributed by atoms with van der Waals surface area (Å²) >= 11 is 0.